The molecule has 0 saturated carbocycles. The fraction of sp³-hybridized carbons (Fsp3) is 0.235. The fourth-order valence-electron chi connectivity index (χ4n) is 2.09. The molecule has 5 nitrogen and oxygen atoms in total. The van der Waals surface area contributed by atoms with Crippen molar-refractivity contribution in [3.05, 3.63) is 59.7 Å². The van der Waals surface area contributed by atoms with Gasteiger partial charge in [-0.25, -0.2) is 0 Å². The summed E-state index contributed by atoms with van der Waals surface area (Å²) < 4.78 is 5.03. The summed E-state index contributed by atoms with van der Waals surface area (Å²) in [5, 5.41) is 22.1. The van der Waals surface area contributed by atoms with Gasteiger partial charge in [0.05, 0.1) is 7.11 Å². The van der Waals surface area contributed by atoms with Crippen molar-refractivity contribution in [2.75, 3.05) is 13.7 Å². The number of rotatable bonds is 6. The number of amides is 1. The third kappa shape index (κ3) is 3.99. The lowest BCUT2D eigenvalue weighted by Crippen LogP contribution is -2.30. The van der Waals surface area contributed by atoms with E-state index in [1.165, 1.54) is 7.11 Å². The summed E-state index contributed by atoms with van der Waals surface area (Å²) in [6.45, 7) is 0.386. The van der Waals surface area contributed by atoms with Gasteiger partial charge in [-0.1, -0.05) is 36.4 Å². The number of nitrogens with one attached hydrogen (secondary N) is 1. The Kier molecular flexibility index (Phi) is 5.38. The second-order valence-electron chi connectivity index (χ2n) is 4.86. The molecule has 1 unspecified atom stereocenters. The third-order valence-electron chi connectivity index (χ3n) is 3.32. The van der Waals surface area contributed by atoms with Crippen LogP contribution in [0.4, 0.5) is 0 Å². The van der Waals surface area contributed by atoms with Crippen LogP contribution in [0.2, 0.25) is 0 Å². The van der Waals surface area contributed by atoms with Crippen molar-refractivity contribution < 1.29 is 19.7 Å². The number of aromatic hydroxyl groups is 1. The quantitative estimate of drug-likeness (QED) is 0.760. The number of carbonyl (C=O) groups is 1. The van der Waals surface area contributed by atoms with Gasteiger partial charge in [-0.05, 0) is 29.7 Å². The van der Waals surface area contributed by atoms with Crippen molar-refractivity contribution in [3.63, 3.8) is 0 Å². The molecule has 2 rings (SSSR count). The Morgan fingerprint density at radius 3 is 2.64 bits per heavy atom. The Hall–Kier alpha value is -2.53. The Morgan fingerprint density at radius 2 is 1.95 bits per heavy atom. The van der Waals surface area contributed by atoms with Gasteiger partial charge < -0.3 is 20.3 Å². The molecule has 0 aliphatic rings. The normalized spacial score (nSPS) is 11.7. The molecule has 0 fully saturated rings. The molecule has 0 radical (unpaired) electrons. The number of benzene rings is 2. The molecular weight excluding hydrogens is 282 g/mol. The number of carbonyl (C=O) groups excluding carboxylic acids is 1. The molecule has 0 bridgehead atoms. The zero-order chi connectivity index (χ0) is 15.9. The average molecular weight is 301 g/mol. The molecule has 2 aromatic rings. The molecule has 22 heavy (non-hydrogen) atoms. The minimum atomic E-state index is -1.17. The minimum absolute atomic E-state index is 0.0785. The predicted octanol–water partition coefficient (Wildman–Crippen LogP) is 1.79. The van der Waals surface area contributed by atoms with E-state index in [1.807, 2.05) is 6.07 Å². The van der Waals surface area contributed by atoms with Crippen LogP contribution >= 0.6 is 0 Å². The van der Waals surface area contributed by atoms with Gasteiger partial charge in [-0.15, -0.1) is 0 Å². The number of aliphatic hydroxyl groups is 1. The first-order valence-corrected chi connectivity index (χ1v) is 6.98. The Labute approximate surface area is 129 Å². The van der Waals surface area contributed by atoms with Crippen LogP contribution in [0.5, 0.6) is 11.5 Å². The first-order valence-electron chi connectivity index (χ1n) is 6.98. The molecule has 0 spiro atoms. The van der Waals surface area contributed by atoms with Crippen LogP contribution in [0, 0.1) is 0 Å². The van der Waals surface area contributed by atoms with Gasteiger partial charge in [0.15, 0.2) is 17.6 Å². The van der Waals surface area contributed by atoms with E-state index in [0.29, 0.717) is 24.3 Å². The van der Waals surface area contributed by atoms with Crippen LogP contribution in [0.25, 0.3) is 0 Å². The minimum Gasteiger partial charge on any atom is -0.504 e. The molecule has 1 amide bonds. The van der Waals surface area contributed by atoms with E-state index < -0.39 is 12.0 Å². The van der Waals surface area contributed by atoms with E-state index in [2.05, 4.69) is 5.32 Å². The monoisotopic (exact) mass is 301 g/mol. The summed E-state index contributed by atoms with van der Waals surface area (Å²) in [5.74, 6) is 0.0416. The van der Waals surface area contributed by atoms with Crippen molar-refractivity contribution in [2.24, 2.45) is 0 Å². The maximum absolute atomic E-state index is 11.9. The van der Waals surface area contributed by atoms with Gasteiger partial charge in [0, 0.05) is 6.54 Å². The SMILES string of the molecule is COc1cc(CCNC(=O)C(O)c2ccccc2)ccc1O. The smallest absolute Gasteiger partial charge is 0.253 e. The molecular formula is C17H19NO4. The Bertz CT molecular complexity index is 628. The van der Waals surface area contributed by atoms with Gasteiger partial charge >= 0.3 is 0 Å². The van der Waals surface area contributed by atoms with E-state index in [4.69, 9.17) is 4.74 Å². The Balaban J connectivity index is 1.87. The largest absolute Gasteiger partial charge is 0.504 e. The lowest BCUT2D eigenvalue weighted by Gasteiger charge is -2.12. The lowest BCUT2D eigenvalue weighted by molar-refractivity contribution is -0.129. The first kappa shape index (κ1) is 15.9. The highest BCUT2D eigenvalue weighted by molar-refractivity contribution is 5.81. The highest BCUT2D eigenvalue weighted by Gasteiger charge is 2.16. The highest BCUT2D eigenvalue weighted by Crippen LogP contribution is 2.26. The summed E-state index contributed by atoms with van der Waals surface area (Å²) >= 11 is 0. The molecule has 116 valence electrons. The van der Waals surface area contributed by atoms with Crippen molar-refractivity contribution in [2.45, 2.75) is 12.5 Å². The summed E-state index contributed by atoms with van der Waals surface area (Å²) in [7, 11) is 1.48. The fourth-order valence-corrected chi connectivity index (χ4v) is 2.09. The molecule has 0 aromatic heterocycles. The van der Waals surface area contributed by atoms with Crippen LogP contribution in [0.1, 0.15) is 17.2 Å². The van der Waals surface area contributed by atoms with Gasteiger partial charge in [0.25, 0.3) is 5.91 Å². The summed E-state index contributed by atoms with van der Waals surface area (Å²) in [6, 6.07) is 13.8. The van der Waals surface area contributed by atoms with Crippen LogP contribution in [0.3, 0.4) is 0 Å². The second kappa shape index (κ2) is 7.47. The zero-order valence-electron chi connectivity index (χ0n) is 12.3. The maximum atomic E-state index is 11.9. The molecule has 2 aromatic carbocycles. The van der Waals surface area contributed by atoms with E-state index in [-0.39, 0.29) is 5.75 Å². The number of hydrogen-bond acceptors (Lipinski definition) is 4. The number of phenolic OH excluding ortho intramolecular Hbond substituents is 1. The van der Waals surface area contributed by atoms with Gasteiger partial charge in [0.1, 0.15) is 0 Å². The van der Waals surface area contributed by atoms with Crippen LogP contribution in [0.15, 0.2) is 48.5 Å². The number of hydrogen-bond donors (Lipinski definition) is 3. The van der Waals surface area contributed by atoms with Crippen LogP contribution in [-0.2, 0) is 11.2 Å². The first-order chi connectivity index (χ1) is 10.6. The maximum Gasteiger partial charge on any atom is 0.253 e. The summed E-state index contributed by atoms with van der Waals surface area (Å²) in [4.78, 5) is 11.9. The van der Waals surface area contributed by atoms with E-state index in [0.717, 1.165) is 5.56 Å². The highest BCUT2D eigenvalue weighted by atomic mass is 16.5. The molecule has 0 saturated heterocycles. The molecule has 5 heteroatoms. The molecule has 0 aliphatic heterocycles. The zero-order valence-corrected chi connectivity index (χ0v) is 12.3. The Morgan fingerprint density at radius 1 is 1.23 bits per heavy atom. The predicted molar refractivity (Wildman–Crippen MR) is 82.8 cm³/mol. The standard InChI is InChI=1S/C17H19NO4/c1-22-15-11-12(7-8-14(15)19)9-10-18-17(21)16(20)13-5-3-2-4-6-13/h2-8,11,16,19-20H,9-10H2,1H3,(H,18,21). The van der Waals surface area contributed by atoms with Crippen LogP contribution in [-0.4, -0.2) is 29.8 Å². The van der Waals surface area contributed by atoms with Gasteiger partial charge in [-0.2, -0.15) is 0 Å². The second-order valence-corrected chi connectivity index (χ2v) is 4.86. The van der Waals surface area contributed by atoms with E-state index in [9.17, 15) is 15.0 Å². The van der Waals surface area contributed by atoms with Crippen molar-refractivity contribution in [3.8, 4) is 11.5 Å². The lowest BCUT2D eigenvalue weighted by atomic mass is 10.1. The molecule has 1 atom stereocenters. The molecule has 0 heterocycles. The number of methoxy groups -OCH3 is 1. The average Bonchev–Trinajstić information content (AvgIpc) is 2.56. The topological polar surface area (TPSA) is 78.8 Å². The molecule has 3 N–H and O–H groups in total. The summed E-state index contributed by atoms with van der Waals surface area (Å²) in [5.41, 5.74) is 1.48. The van der Waals surface area contributed by atoms with Gasteiger partial charge in [0.2, 0.25) is 0 Å². The van der Waals surface area contributed by atoms with Crippen LogP contribution < -0.4 is 10.1 Å². The van der Waals surface area contributed by atoms with Gasteiger partial charge in [-0.3, -0.25) is 4.79 Å². The number of phenols is 1. The number of ether oxygens (including phenoxy) is 1. The van der Waals surface area contributed by atoms with Crippen molar-refractivity contribution >= 4 is 5.91 Å². The van der Waals surface area contributed by atoms with Crippen molar-refractivity contribution in [1.82, 2.24) is 5.32 Å². The summed E-state index contributed by atoms with van der Waals surface area (Å²) in [6.07, 6.45) is -0.597. The third-order valence-corrected chi connectivity index (χ3v) is 3.32. The molecule has 0 aliphatic carbocycles. The van der Waals surface area contributed by atoms with E-state index in [1.54, 1.807) is 42.5 Å². The van der Waals surface area contributed by atoms with E-state index >= 15 is 0 Å². The van der Waals surface area contributed by atoms with Crippen molar-refractivity contribution in [1.29, 1.82) is 0 Å². The number of aliphatic hydroxyl groups excluding tert-OH is 1.